The lowest BCUT2D eigenvalue weighted by atomic mass is 9.87. The van der Waals surface area contributed by atoms with E-state index in [1.165, 1.54) is 12.1 Å². The van der Waals surface area contributed by atoms with Crippen LogP contribution in [0.25, 0.3) is 0 Å². The molecule has 1 aliphatic carbocycles. The summed E-state index contributed by atoms with van der Waals surface area (Å²) in [6.45, 7) is 0. The molecule has 0 heterocycles. The molecule has 0 saturated heterocycles. The summed E-state index contributed by atoms with van der Waals surface area (Å²) in [5.74, 6) is 0. The van der Waals surface area contributed by atoms with Crippen LogP contribution < -0.4 is 11.1 Å². The Morgan fingerprint density at radius 2 is 2.05 bits per heavy atom. The molecule has 19 heavy (non-hydrogen) atoms. The summed E-state index contributed by atoms with van der Waals surface area (Å²) >= 11 is 0. The van der Waals surface area contributed by atoms with Crippen LogP contribution in [-0.2, 0) is 9.84 Å². The molecule has 0 unspecified atom stereocenters. The monoisotopic (exact) mass is 285 g/mol. The van der Waals surface area contributed by atoms with Gasteiger partial charge < -0.3 is 11.1 Å². The number of nitrogens with one attached hydrogen (secondary N) is 1. The van der Waals surface area contributed by atoms with E-state index < -0.39 is 14.8 Å². The molecule has 0 spiro atoms. The lowest BCUT2D eigenvalue weighted by Gasteiger charge is -2.33. The second-order valence-electron chi connectivity index (χ2n) is 4.78. The third kappa shape index (κ3) is 3.02. The molecule has 2 rings (SSSR count). The van der Waals surface area contributed by atoms with Crippen LogP contribution in [0.5, 0.6) is 0 Å². The normalized spacial score (nSPS) is 22.6. The first kappa shape index (κ1) is 13.8. The van der Waals surface area contributed by atoms with Gasteiger partial charge in [-0.2, -0.15) is 0 Å². The Bertz CT molecular complexity index is 608. The fourth-order valence-corrected chi connectivity index (χ4v) is 2.66. The van der Waals surface area contributed by atoms with E-state index in [9.17, 15) is 18.5 Å². The van der Waals surface area contributed by atoms with Gasteiger partial charge in [0, 0.05) is 24.4 Å². The van der Waals surface area contributed by atoms with E-state index in [1.807, 2.05) is 0 Å². The Morgan fingerprint density at radius 1 is 1.42 bits per heavy atom. The zero-order valence-corrected chi connectivity index (χ0v) is 11.2. The van der Waals surface area contributed by atoms with Crippen LogP contribution in [0.2, 0.25) is 0 Å². The summed E-state index contributed by atoms with van der Waals surface area (Å²) in [7, 11) is -3.46. The summed E-state index contributed by atoms with van der Waals surface area (Å²) in [4.78, 5) is 10.4. The maximum absolute atomic E-state index is 11.4. The molecule has 0 atom stereocenters. The van der Waals surface area contributed by atoms with Gasteiger partial charge in [0.05, 0.1) is 9.82 Å². The highest BCUT2D eigenvalue weighted by Gasteiger charge is 2.28. The molecule has 0 radical (unpaired) electrons. The average Bonchev–Trinajstić information content (AvgIpc) is 2.25. The van der Waals surface area contributed by atoms with Gasteiger partial charge in [0.25, 0.3) is 5.69 Å². The molecule has 1 aliphatic rings. The van der Waals surface area contributed by atoms with Gasteiger partial charge >= 0.3 is 0 Å². The van der Waals surface area contributed by atoms with Gasteiger partial charge in [-0.3, -0.25) is 10.1 Å². The largest absolute Gasteiger partial charge is 0.377 e. The quantitative estimate of drug-likeness (QED) is 0.627. The van der Waals surface area contributed by atoms with Gasteiger partial charge in [-0.25, -0.2) is 8.42 Å². The van der Waals surface area contributed by atoms with Crippen LogP contribution in [0.15, 0.2) is 23.1 Å². The molecule has 1 saturated carbocycles. The minimum Gasteiger partial charge on any atom is -0.377 e. The summed E-state index contributed by atoms with van der Waals surface area (Å²) < 4.78 is 22.8. The number of nitro groups is 1. The van der Waals surface area contributed by atoms with Crippen LogP contribution in [0.3, 0.4) is 0 Å². The molecule has 0 bridgehead atoms. The maximum Gasteiger partial charge on any atom is 0.293 e. The molecule has 0 aliphatic heterocycles. The summed E-state index contributed by atoms with van der Waals surface area (Å²) in [5.41, 5.74) is 5.74. The fourth-order valence-electron chi connectivity index (χ4n) is 2.01. The predicted octanol–water partition coefficient (Wildman–Crippen LogP) is 0.900. The minimum absolute atomic E-state index is 0.0601. The Balaban J connectivity index is 2.31. The first-order chi connectivity index (χ1) is 8.77. The summed E-state index contributed by atoms with van der Waals surface area (Å²) in [6, 6.07) is 4.11. The molecule has 8 heteroatoms. The van der Waals surface area contributed by atoms with Crippen LogP contribution in [-0.4, -0.2) is 31.7 Å². The highest BCUT2D eigenvalue weighted by Crippen LogP contribution is 2.31. The van der Waals surface area contributed by atoms with E-state index in [2.05, 4.69) is 5.32 Å². The molecule has 1 fully saturated rings. The fraction of sp³-hybridized carbons (Fsp3) is 0.455. The van der Waals surface area contributed by atoms with Crippen molar-refractivity contribution in [2.45, 2.75) is 29.8 Å². The maximum atomic E-state index is 11.4. The van der Waals surface area contributed by atoms with Gasteiger partial charge in [0.1, 0.15) is 5.69 Å². The number of hydrogen-bond acceptors (Lipinski definition) is 6. The van der Waals surface area contributed by atoms with Gasteiger partial charge in [0.15, 0.2) is 9.84 Å². The van der Waals surface area contributed by atoms with Crippen molar-refractivity contribution < 1.29 is 13.3 Å². The molecule has 1 aromatic rings. The van der Waals surface area contributed by atoms with E-state index >= 15 is 0 Å². The molecular formula is C11H15N3O4S. The number of sulfone groups is 1. The first-order valence-corrected chi connectivity index (χ1v) is 7.67. The number of rotatable bonds is 4. The zero-order valence-electron chi connectivity index (χ0n) is 10.4. The van der Waals surface area contributed by atoms with E-state index in [0.29, 0.717) is 5.69 Å². The van der Waals surface area contributed by atoms with Crippen LogP contribution in [0, 0.1) is 10.1 Å². The molecule has 104 valence electrons. The second kappa shape index (κ2) is 4.78. The number of benzene rings is 1. The molecular weight excluding hydrogens is 270 g/mol. The highest BCUT2D eigenvalue weighted by atomic mass is 32.2. The van der Waals surface area contributed by atoms with Crippen LogP contribution in [0.1, 0.15) is 12.8 Å². The topological polar surface area (TPSA) is 115 Å². The number of anilines is 1. The highest BCUT2D eigenvalue weighted by molar-refractivity contribution is 7.90. The van der Waals surface area contributed by atoms with Gasteiger partial charge in [-0.05, 0) is 25.0 Å². The molecule has 0 aromatic heterocycles. The second-order valence-corrected chi connectivity index (χ2v) is 6.80. The van der Waals surface area contributed by atoms with Gasteiger partial charge in [-0.15, -0.1) is 0 Å². The molecule has 3 N–H and O–H groups in total. The summed E-state index contributed by atoms with van der Waals surface area (Å²) in [6.07, 6.45) is 2.53. The molecule has 0 amide bonds. The van der Waals surface area contributed by atoms with Crippen molar-refractivity contribution >= 4 is 21.2 Å². The Labute approximate surface area is 110 Å². The van der Waals surface area contributed by atoms with Crippen molar-refractivity contribution in [3.8, 4) is 0 Å². The number of nitrogens with two attached hydrogens (primary N) is 1. The van der Waals surface area contributed by atoms with E-state index in [0.717, 1.165) is 25.2 Å². The van der Waals surface area contributed by atoms with Crippen molar-refractivity contribution in [3.63, 3.8) is 0 Å². The van der Waals surface area contributed by atoms with Gasteiger partial charge in [0.2, 0.25) is 0 Å². The Hall–Kier alpha value is -1.67. The minimum atomic E-state index is -3.46. The standard InChI is InChI=1S/C11H15N3O4S/c1-19(17,18)9-2-3-10(11(6-9)14(15)16)13-8-4-7(12)5-8/h2-3,6-8,13H,4-5,12H2,1H3. The van der Waals surface area contributed by atoms with Crippen LogP contribution in [0.4, 0.5) is 11.4 Å². The lowest BCUT2D eigenvalue weighted by molar-refractivity contribution is -0.384. The van der Waals surface area contributed by atoms with E-state index in [-0.39, 0.29) is 22.7 Å². The number of hydrogen-bond donors (Lipinski definition) is 2. The molecule has 7 nitrogen and oxygen atoms in total. The van der Waals surface area contributed by atoms with Crippen molar-refractivity contribution in [2.75, 3.05) is 11.6 Å². The third-order valence-corrected chi connectivity index (χ3v) is 4.24. The number of nitrogens with zero attached hydrogens (tertiary/aromatic N) is 1. The Morgan fingerprint density at radius 3 is 2.53 bits per heavy atom. The van der Waals surface area contributed by atoms with Crippen LogP contribution >= 0.6 is 0 Å². The van der Waals surface area contributed by atoms with Gasteiger partial charge in [-0.1, -0.05) is 0 Å². The van der Waals surface area contributed by atoms with Crippen molar-refractivity contribution in [1.82, 2.24) is 0 Å². The average molecular weight is 285 g/mol. The van der Waals surface area contributed by atoms with E-state index in [1.54, 1.807) is 0 Å². The third-order valence-electron chi connectivity index (χ3n) is 3.13. The van der Waals surface area contributed by atoms with E-state index in [4.69, 9.17) is 5.73 Å². The lowest BCUT2D eigenvalue weighted by Crippen LogP contribution is -2.44. The van der Waals surface area contributed by atoms with Crippen molar-refractivity contribution in [1.29, 1.82) is 0 Å². The number of nitro benzene ring substituents is 1. The first-order valence-electron chi connectivity index (χ1n) is 5.78. The zero-order chi connectivity index (χ0) is 14.2. The van der Waals surface area contributed by atoms with Crippen molar-refractivity contribution in [2.24, 2.45) is 5.73 Å². The smallest absolute Gasteiger partial charge is 0.293 e. The Kier molecular flexibility index (Phi) is 3.46. The SMILES string of the molecule is CS(=O)(=O)c1ccc(NC2CC(N)C2)c([N+](=O)[O-])c1. The predicted molar refractivity (Wildman–Crippen MR) is 70.8 cm³/mol. The summed E-state index contributed by atoms with van der Waals surface area (Å²) in [5, 5.41) is 14.0. The van der Waals surface area contributed by atoms with Crippen molar-refractivity contribution in [3.05, 3.63) is 28.3 Å². The molecule has 1 aromatic carbocycles.